The van der Waals surface area contributed by atoms with E-state index in [9.17, 15) is 0 Å². The molecule has 0 bridgehead atoms. The molecule has 0 amide bonds. The van der Waals surface area contributed by atoms with Crippen molar-refractivity contribution in [3.63, 3.8) is 0 Å². The van der Waals surface area contributed by atoms with Crippen molar-refractivity contribution in [3.8, 4) is 0 Å². The predicted molar refractivity (Wildman–Crippen MR) is 113 cm³/mol. The van der Waals surface area contributed by atoms with Crippen LogP contribution in [0.15, 0.2) is 53.8 Å². The van der Waals surface area contributed by atoms with E-state index in [0.29, 0.717) is 11.8 Å². The largest absolute Gasteiger partial charge is 0.473 e. The van der Waals surface area contributed by atoms with Crippen molar-refractivity contribution < 1.29 is 4.74 Å². The first-order chi connectivity index (χ1) is 12.5. The van der Waals surface area contributed by atoms with E-state index in [1.165, 1.54) is 24.0 Å². The zero-order valence-electron chi connectivity index (χ0n) is 16.4. The second-order valence-electron chi connectivity index (χ2n) is 7.38. The Morgan fingerprint density at radius 1 is 1.12 bits per heavy atom. The molecule has 2 rings (SSSR count). The van der Waals surface area contributed by atoms with Crippen molar-refractivity contribution in [1.29, 1.82) is 0 Å². The zero-order valence-corrected chi connectivity index (χ0v) is 17.2. The summed E-state index contributed by atoms with van der Waals surface area (Å²) in [5.74, 6) is 0.845. The monoisotopic (exact) mass is 370 g/mol. The van der Waals surface area contributed by atoms with Crippen LogP contribution in [0.2, 0.25) is 0 Å². The predicted octanol–water partition coefficient (Wildman–Crippen LogP) is 6.51. The molecule has 2 aromatic rings. The van der Waals surface area contributed by atoms with Crippen LogP contribution in [-0.2, 0) is 15.9 Å². The third-order valence-electron chi connectivity index (χ3n) is 4.02. The molecule has 0 aliphatic heterocycles. The lowest BCUT2D eigenvalue weighted by molar-refractivity contribution is 0.303. The molecule has 3 nitrogen and oxygen atoms in total. The molecular formula is C22H30N2OS. The molecule has 1 heterocycles. The summed E-state index contributed by atoms with van der Waals surface area (Å²) in [4.78, 5) is 8.75. The topological polar surface area (TPSA) is 34.5 Å². The molecule has 1 aromatic heterocycles. The lowest BCUT2D eigenvalue weighted by Gasteiger charge is -2.19. The van der Waals surface area contributed by atoms with Crippen LogP contribution < -0.4 is 0 Å². The molecule has 0 radical (unpaired) electrons. The van der Waals surface area contributed by atoms with Gasteiger partial charge in [0, 0.05) is 11.9 Å². The van der Waals surface area contributed by atoms with Gasteiger partial charge in [-0.1, -0.05) is 76.6 Å². The highest BCUT2D eigenvalue weighted by atomic mass is 32.2. The highest BCUT2D eigenvalue weighted by Gasteiger charge is 2.13. The number of rotatable bonds is 7. The van der Waals surface area contributed by atoms with Gasteiger partial charge in [0.1, 0.15) is 0 Å². The summed E-state index contributed by atoms with van der Waals surface area (Å²) in [7, 11) is 0. The van der Waals surface area contributed by atoms with Gasteiger partial charge in [0.15, 0.2) is 0 Å². The van der Waals surface area contributed by atoms with E-state index in [0.717, 1.165) is 17.9 Å². The highest BCUT2D eigenvalue weighted by Crippen LogP contribution is 2.24. The molecule has 0 aliphatic rings. The van der Waals surface area contributed by atoms with Crippen molar-refractivity contribution in [1.82, 2.24) is 4.98 Å². The second-order valence-corrected chi connectivity index (χ2v) is 8.31. The fraction of sp³-hybridized carbons (Fsp3) is 0.455. The summed E-state index contributed by atoms with van der Waals surface area (Å²) in [6.45, 7) is 9.61. The first-order valence-electron chi connectivity index (χ1n) is 9.33. The summed E-state index contributed by atoms with van der Waals surface area (Å²) < 4.78 is 5.93. The number of aromatic nitrogens is 1. The molecule has 0 saturated heterocycles. The summed E-state index contributed by atoms with van der Waals surface area (Å²) in [5.41, 5.74) is 3.64. The van der Waals surface area contributed by atoms with Gasteiger partial charge < -0.3 is 4.74 Å². The number of aliphatic imine (C=N–C) groups is 1. The van der Waals surface area contributed by atoms with Gasteiger partial charge in [0.25, 0.3) is 5.23 Å². The van der Waals surface area contributed by atoms with Gasteiger partial charge in [-0.3, -0.25) is 4.98 Å². The fourth-order valence-electron chi connectivity index (χ4n) is 2.39. The minimum atomic E-state index is 0.182. The molecule has 0 N–H and O–H groups in total. The summed E-state index contributed by atoms with van der Waals surface area (Å²) in [5, 5.41) is 0.717. The summed E-state index contributed by atoms with van der Waals surface area (Å²) in [6.07, 6.45) is 6.94. The van der Waals surface area contributed by atoms with E-state index in [-0.39, 0.29) is 5.41 Å². The smallest absolute Gasteiger partial charge is 0.251 e. The zero-order chi connectivity index (χ0) is 18.8. The molecule has 0 spiro atoms. The van der Waals surface area contributed by atoms with Crippen LogP contribution in [0.4, 0.5) is 5.69 Å². The maximum Gasteiger partial charge on any atom is 0.251 e. The van der Waals surface area contributed by atoms with Crippen LogP contribution in [0, 0.1) is 0 Å². The highest BCUT2D eigenvalue weighted by molar-refractivity contribution is 8.12. The molecular weight excluding hydrogens is 340 g/mol. The van der Waals surface area contributed by atoms with Crippen LogP contribution in [0.25, 0.3) is 0 Å². The summed E-state index contributed by atoms with van der Waals surface area (Å²) in [6, 6.07) is 12.7. The number of thioether (sulfide) groups is 1. The Bertz CT molecular complexity index is 676. The first-order valence-corrected chi connectivity index (χ1v) is 10.3. The maximum absolute atomic E-state index is 5.93. The van der Waals surface area contributed by atoms with Gasteiger partial charge in [0.2, 0.25) is 0 Å². The van der Waals surface area contributed by atoms with Gasteiger partial charge in [-0.15, -0.1) is 0 Å². The van der Waals surface area contributed by atoms with Crippen LogP contribution >= 0.6 is 11.8 Å². The minimum absolute atomic E-state index is 0.182. The number of unbranched alkanes of at least 4 members (excludes halogenated alkanes) is 2. The minimum Gasteiger partial charge on any atom is -0.473 e. The first kappa shape index (κ1) is 20.5. The van der Waals surface area contributed by atoms with Crippen molar-refractivity contribution in [2.75, 3.05) is 6.61 Å². The molecule has 0 atom stereocenters. The number of hydrogen-bond acceptors (Lipinski definition) is 4. The van der Waals surface area contributed by atoms with Crippen LogP contribution in [0.1, 0.15) is 58.1 Å². The van der Waals surface area contributed by atoms with Crippen LogP contribution in [0.5, 0.6) is 0 Å². The van der Waals surface area contributed by atoms with Crippen molar-refractivity contribution in [3.05, 3.63) is 59.9 Å². The molecule has 1 aromatic carbocycles. The average Bonchev–Trinajstić information content (AvgIpc) is 2.63. The molecule has 0 fully saturated rings. The van der Waals surface area contributed by atoms with Crippen molar-refractivity contribution in [2.24, 2.45) is 4.99 Å². The maximum atomic E-state index is 5.93. The third-order valence-corrected chi connectivity index (χ3v) is 4.96. The second kappa shape index (κ2) is 10.4. The molecule has 140 valence electrons. The van der Waals surface area contributed by atoms with E-state index in [1.54, 1.807) is 24.2 Å². The molecule has 0 unspecified atom stereocenters. The Balaban J connectivity index is 2.00. The van der Waals surface area contributed by atoms with Gasteiger partial charge in [0.05, 0.1) is 18.5 Å². The number of benzene rings is 1. The van der Waals surface area contributed by atoms with E-state index in [2.05, 4.69) is 61.9 Å². The Kier molecular flexibility index (Phi) is 8.17. The van der Waals surface area contributed by atoms with Gasteiger partial charge in [-0.25, -0.2) is 4.99 Å². The summed E-state index contributed by atoms with van der Waals surface area (Å²) >= 11 is 1.64. The fourth-order valence-corrected chi connectivity index (χ4v) is 3.21. The standard InChI is InChI=1S/C22H30N2OS/c1-5-6-7-15-25-21(24-20-9-8-14-23-16-20)26-17-18-10-12-19(13-11-18)22(2,3)4/h8-14,16H,5-7,15,17H2,1-4H3. The van der Waals surface area contributed by atoms with Gasteiger partial charge >= 0.3 is 0 Å². The molecule has 0 saturated carbocycles. The molecule has 4 heteroatoms. The number of nitrogens with zero attached hydrogens (tertiary/aromatic N) is 2. The Labute approximate surface area is 162 Å². The average molecular weight is 371 g/mol. The Hall–Kier alpha value is -1.81. The lowest BCUT2D eigenvalue weighted by Crippen LogP contribution is -2.10. The van der Waals surface area contributed by atoms with Crippen LogP contribution in [-0.4, -0.2) is 16.8 Å². The van der Waals surface area contributed by atoms with Crippen molar-refractivity contribution in [2.45, 2.75) is 58.1 Å². The van der Waals surface area contributed by atoms with Crippen LogP contribution in [0.3, 0.4) is 0 Å². The quantitative estimate of drug-likeness (QED) is 0.317. The van der Waals surface area contributed by atoms with E-state index < -0.39 is 0 Å². The normalized spacial score (nSPS) is 12.2. The number of ether oxygens (including phenoxy) is 1. The third kappa shape index (κ3) is 7.20. The van der Waals surface area contributed by atoms with E-state index in [1.807, 2.05) is 12.1 Å². The SMILES string of the molecule is CCCCCOC(=Nc1cccnc1)SCc1ccc(C(C)(C)C)cc1. The Morgan fingerprint density at radius 3 is 2.50 bits per heavy atom. The number of pyridine rings is 1. The van der Waals surface area contributed by atoms with E-state index >= 15 is 0 Å². The van der Waals surface area contributed by atoms with E-state index in [4.69, 9.17) is 4.74 Å². The molecule has 0 aliphatic carbocycles. The number of hydrogen-bond donors (Lipinski definition) is 0. The Morgan fingerprint density at radius 2 is 1.88 bits per heavy atom. The van der Waals surface area contributed by atoms with Gasteiger partial charge in [-0.2, -0.15) is 0 Å². The lowest BCUT2D eigenvalue weighted by atomic mass is 9.87. The van der Waals surface area contributed by atoms with Gasteiger partial charge in [-0.05, 0) is 35.1 Å². The van der Waals surface area contributed by atoms with Crippen molar-refractivity contribution >= 4 is 22.7 Å². The molecule has 26 heavy (non-hydrogen) atoms.